The van der Waals surface area contributed by atoms with Crippen molar-refractivity contribution in [2.75, 3.05) is 6.61 Å². The zero-order valence-electron chi connectivity index (χ0n) is 9.90. The van der Waals surface area contributed by atoms with Crippen molar-refractivity contribution in [3.8, 4) is 0 Å². The molecule has 0 aliphatic carbocycles. The van der Waals surface area contributed by atoms with E-state index in [4.69, 9.17) is 4.74 Å². The number of hydrogen-bond acceptors (Lipinski definition) is 3. The summed E-state index contributed by atoms with van der Waals surface area (Å²) in [6.45, 7) is 6.63. The van der Waals surface area contributed by atoms with E-state index >= 15 is 0 Å². The largest absolute Gasteiger partial charge is 0.376 e. The van der Waals surface area contributed by atoms with Gasteiger partial charge in [-0.25, -0.2) is 0 Å². The molecule has 0 N–H and O–H groups in total. The molecule has 0 aliphatic rings. The molecule has 0 atom stereocenters. The van der Waals surface area contributed by atoms with Gasteiger partial charge in [-0.15, -0.1) is 0 Å². The standard InChI is InChI=1S/C12H17NO3/c1-12(2,3)16-9-8-10-4-6-11(7-5-10)13(14)15/h4-7H,8-9H2,1-3H3. The molecular formula is C12H17NO3. The van der Waals surface area contributed by atoms with Crippen molar-refractivity contribution in [3.05, 3.63) is 39.9 Å². The monoisotopic (exact) mass is 223 g/mol. The fraction of sp³-hybridized carbons (Fsp3) is 0.500. The second-order valence-corrected chi connectivity index (χ2v) is 4.63. The van der Waals surface area contributed by atoms with Crippen molar-refractivity contribution < 1.29 is 9.66 Å². The number of nitro benzene ring substituents is 1. The molecule has 0 bridgehead atoms. The highest BCUT2D eigenvalue weighted by Crippen LogP contribution is 2.13. The van der Waals surface area contributed by atoms with Crippen LogP contribution in [0.3, 0.4) is 0 Å². The predicted molar refractivity (Wildman–Crippen MR) is 62.5 cm³/mol. The molecule has 1 aromatic rings. The van der Waals surface area contributed by atoms with Crippen LogP contribution in [0.4, 0.5) is 5.69 Å². The normalized spacial score (nSPS) is 11.4. The van der Waals surface area contributed by atoms with Crippen LogP contribution in [0.2, 0.25) is 0 Å². The molecule has 88 valence electrons. The summed E-state index contributed by atoms with van der Waals surface area (Å²) in [5.41, 5.74) is 1.04. The van der Waals surface area contributed by atoms with Gasteiger partial charge in [-0.3, -0.25) is 10.1 Å². The number of rotatable bonds is 4. The van der Waals surface area contributed by atoms with Crippen LogP contribution < -0.4 is 0 Å². The van der Waals surface area contributed by atoms with Gasteiger partial charge in [-0.2, -0.15) is 0 Å². The van der Waals surface area contributed by atoms with Crippen LogP contribution in [0, 0.1) is 10.1 Å². The van der Waals surface area contributed by atoms with Gasteiger partial charge >= 0.3 is 0 Å². The van der Waals surface area contributed by atoms with Crippen LogP contribution in [-0.4, -0.2) is 17.1 Å². The van der Waals surface area contributed by atoms with Gasteiger partial charge in [0.1, 0.15) is 0 Å². The minimum atomic E-state index is -0.393. The van der Waals surface area contributed by atoms with Gasteiger partial charge in [0, 0.05) is 12.1 Å². The van der Waals surface area contributed by atoms with E-state index in [-0.39, 0.29) is 11.3 Å². The highest BCUT2D eigenvalue weighted by atomic mass is 16.6. The SMILES string of the molecule is CC(C)(C)OCCc1ccc([N+](=O)[O-])cc1. The molecule has 0 aliphatic heterocycles. The maximum atomic E-state index is 10.4. The van der Waals surface area contributed by atoms with Gasteiger partial charge in [0.15, 0.2) is 0 Å². The number of benzene rings is 1. The van der Waals surface area contributed by atoms with Gasteiger partial charge in [-0.1, -0.05) is 12.1 Å². The zero-order chi connectivity index (χ0) is 12.2. The summed E-state index contributed by atoms with van der Waals surface area (Å²) in [4.78, 5) is 10.0. The first-order valence-corrected chi connectivity index (χ1v) is 5.26. The van der Waals surface area contributed by atoms with Crippen LogP contribution in [0.15, 0.2) is 24.3 Å². The van der Waals surface area contributed by atoms with Crippen LogP contribution in [0.25, 0.3) is 0 Å². The molecule has 0 amide bonds. The first-order valence-electron chi connectivity index (χ1n) is 5.26. The average Bonchev–Trinajstić information content (AvgIpc) is 2.16. The van der Waals surface area contributed by atoms with Gasteiger partial charge in [0.25, 0.3) is 5.69 Å². The fourth-order valence-corrected chi connectivity index (χ4v) is 1.26. The van der Waals surface area contributed by atoms with Crippen molar-refractivity contribution >= 4 is 5.69 Å². The molecule has 0 radical (unpaired) electrons. The molecule has 0 fully saturated rings. The lowest BCUT2D eigenvalue weighted by Crippen LogP contribution is -2.20. The van der Waals surface area contributed by atoms with Crippen molar-refractivity contribution in [3.63, 3.8) is 0 Å². The fourth-order valence-electron chi connectivity index (χ4n) is 1.26. The first-order chi connectivity index (χ1) is 7.38. The molecule has 0 saturated carbocycles. The third-order valence-corrected chi connectivity index (χ3v) is 2.07. The third-order valence-electron chi connectivity index (χ3n) is 2.07. The lowest BCUT2D eigenvalue weighted by molar-refractivity contribution is -0.384. The maximum absolute atomic E-state index is 10.4. The van der Waals surface area contributed by atoms with Crippen LogP contribution in [-0.2, 0) is 11.2 Å². The summed E-state index contributed by atoms with van der Waals surface area (Å²) in [7, 11) is 0. The molecule has 4 heteroatoms. The van der Waals surface area contributed by atoms with Gasteiger partial charge < -0.3 is 4.74 Å². The quantitative estimate of drug-likeness (QED) is 0.582. The van der Waals surface area contributed by atoms with E-state index in [0.717, 1.165) is 12.0 Å². The van der Waals surface area contributed by atoms with E-state index in [9.17, 15) is 10.1 Å². The Morgan fingerprint density at radius 1 is 1.25 bits per heavy atom. The third kappa shape index (κ3) is 4.40. The summed E-state index contributed by atoms with van der Waals surface area (Å²) in [6.07, 6.45) is 0.773. The Morgan fingerprint density at radius 2 is 1.81 bits per heavy atom. The number of ether oxygens (including phenoxy) is 1. The van der Waals surface area contributed by atoms with Crippen molar-refractivity contribution in [1.82, 2.24) is 0 Å². The molecule has 4 nitrogen and oxygen atoms in total. The number of nitro groups is 1. The summed E-state index contributed by atoms with van der Waals surface area (Å²) in [6, 6.07) is 6.58. The number of nitrogens with zero attached hydrogens (tertiary/aromatic N) is 1. The van der Waals surface area contributed by atoms with Crippen LogP contribution >= 0.6 is 0 Å². The summed E-state index contributed by atoms with van der Waals surface area (Å²) < 4.78 is 5.58. The second kappa shape index (κ2) is 5.07. The lowest BCUT2D eigenvalue weighted by Gasteiger charge is -2.19. The smallest absolute Gasteiger partial charge is 0.269 e. The Labute approximate surface area is 95.4 Å². The van der Waals surface area contributed by atoms with E-state index in [1.807, 2.05) is 20.8 Å². The Hall–Kier alpha value is -1.42. The number of hydrogen-bond donors (Lipinski definition) is 0. The van der Waals surface area contributed by atoms with Gasteiger partial charge in [0.05, 0.1) is 17.1 Å². The average molecular weight is 223 g/mol. The van der Waals surface area contributed by atoms with E-state index < -0.39 is 4.92 Å². The lowest BCUT2D eigenvalue weighted by atomic mass is 10.1. The Morgan fingerprint density at radius 3 is 2.25 bits per heavy atom. The van der Waals surface area contributed by atoms with Crippen molar-refractivity contribution in [2.24, 2.45) is 0 Å². The Bertz CT molecular complexity index is 352. The molecule has 0 saturated heterocycles. The Kier molecular flexibility index (Phi) is 4.01. The topological polar surface area (TPSA) is 52.4 Å². The first kappa shape index (κ1) is 12.6. The minimum Gasteiger partial charge on any atom is -0.376 e. The molecule has 1 aromatic carbocycles. The molecule has 0 unspecified atom stereocenters. The zero-order valence-corrected chi connectivity index (χ0v) is 9.90. The molecule has 0 aromatic heterocycles. The molecule has 0 heterocycles. The highest BCUT2D eigenvalue weighted by Gasteiger charge is 2.09. The van der Waals surface area contributed by atoms with Crippen molar-refractivity contribution in [2.45, 2.75) is 32.8 Å². The van der Waals surface area contributed by atoms with Crippen LogP contribution in [0.1, 0.15) is 26.3 Å². The highest BCUT2D eigenvalue weighted by molar-refractivity contribution is 5.32. The second-order valence-electron chi connectivity index (χ2n) is 4.63. The summed E-state index contributed by atoms with van der Waals surface area (Å²) >= 11 is 0. The van der Waals surface area contributed by atoms with E-state index in [1.165, 1.54) is 12.1 Å². The van der Waals surface area contributed by atoms with E-state index in [2.05, 4.69) is 0 Å². The van der Waals surface area contributed by atoms with E-state index in [0.29, 0.717) is 6.61 Å². The molecule has 0 spiro atoms. The van der Waals surface area contributed by atoms with Gasteiger partial charge in [-0.05, 0) is 32.8 Å². The summed E-state index contributed by atoms with van der Waals surface area (Å²) in [5, 5.41) is 10.4. The maximum Gasteiger partial charge on any atom is 0.269 e. The van der Waals surface area contributed by atoms with Crippen molar-refractivity contribution in [1.29, 1.82) is 0 Å². The van der Waals surface area contributed by atoms with E-state index in [1.54, 1.807) is 12.1 Å². The van der Waals surface area contributed by atoms with Gasteiger partial charge in [0.2, 0.25) is 0 Å². The molecule has 16 heavy (non-hydrogen) atoms. The number of non-ortho nitro benzene ring substituents is 1. The van der Waals surface area contributed by atoms with Crippen LogP contribution in [0.5, 0.6) is 0 Å². The summed E-state index contributed by atoms with van der Waals surface area (Å²) in [5.74, 6) is 0. The Balaban J connectivity index is 2.47. The molecule has 1 rings (SSSR count). The predicted octanol–water partition coefficient (Wildman–Crippen LogP) is 2.95. The molecular weight excluding hydrogens is 206 g/mol. The minimum absolute atomic E-state index is 0.125.